The molecule has 0 fully saturated rings. The van der Waals surface area contributed by atoms with Gasteiger partial charge >= 0.3 is 6.41 Å². The van der Waals surface area contributed by atoms with Gasteiger partial charge in [-0.25, -0.2) is 4.42 Å². The van der Waals surface area contributed by atoms with Gasteiger partial charge in [-0.05, 0) is 12.1 Å². The van der Waals surface area contributed by atoms with Crippen molar-refractivity contribution < 1.29 is 4.79 Å². The van der Waals surface area contributed by atoms with Crippen molar-refractivity contribution in [1.82, 2.24) is 0 Å². The average Bonchev–Trinajstić information content (AvgIpc) is 2.05. The minimum Gasteiger partial charge on any atom is -0.262 e. The molecule has 0 heterocycles. The van der Waals surface area contributed by atoms with Gasteiger partial charge in [0.15, 0.2) is 0 Å². The van der Waals surface area contributed by atoms with E-state index in [0.717, 1.165) is 4.42 Å². The Kier molecular flexibility index (Phi) is 2.29. The van der Waals surface area contributed by atoms with Gasteiger partial charge in [0.1, 0.15) is 0 Å². The van der Waals surface area contributed by atoms with Gasteiger partial charge in [0.05, 0.1) is 5.69 Å². The average molecular weight is 155 g/mol. The molecule has 1 radical (unpaired) electrons. The van der Waals surface area contributed by atoms with Gasteiger partial charge < -0.3 is 0 Å². The first-order chi connectivity index (χ1) is 4.84. The second kappa shape index (κ2) is 3.22. The summed E-state index contributed by atoms with van der Waals surface area (Å²) in [5.41, 5.74) is 0.624. The number of hydrogen-bond acceptors (Lipinski definition) is 1. The molecule has 0 N–H and O–H groups in total. The molecule has 0 unspecified atom stereocenters. The van der Waals surface area contributed by atoms with Crippen molar-refractivity contribution in [3.05, 3.63) is 30.3 Å². The molecule has 1 aromatic carbocycles. The van der Waals surface area contributed by atoms with E-state index in [-0.39, 0.29) is 0 Å². The summed E-state index contributed by atoms with van der Waals surface area (Å²) in [6.07, 6.45) is 1.53. The van der Waals surface area contributed by atoms with E-state index < -0.39 is 0 Å². The summed E-state index contributed by atoms with van der Waals surface area (Å²) in [7, 11) is 0. The number of rotatable bonds is 2. The van der Waals surface area contributed by atoms with Crippen molar-refractivity contribution in [2.24, 2.45) is 0 Å². The molecule has 0 aliphatic heterocycles. The van der Waals surface area contributed by atoms with Crippen molar-refractivity contribution in [3.8, 4) is 0 Å². The lowest BCUT2D eigenvalue weighted by molar-refractivity contribution is 0.558. The van der Waals surface area contributed by atoms with Gasteiger partial charge in [0.25, 0.3) is 0 Å². The predicted molar refractivity (Wildman–Crippen MR) is 40.5 cm³/mol. The smallest absolute Gasteiger partial charge is 0.262 e. The predicted octanol–water partition coefficient (Wildman–Crippen LogP) is 1.71. The van der Waals surface area contributed by atoms with Crippen LogP contribution in [0, 0.1) is 0 Å². The Bertz CT molecular complexity index is 212. The second-order valence-corrected chi connectivity index (χ2v) is 2.05. The summed E-state index contributed by atoms with van der Waals surface area (Å²) >= 11 is 5.40. The normalized spacial score (nSPS) is 8.90. The van der Waals surface area contributed by atoms with Crippen molar-refractivity contribution in [2.75, 3.05) is 4.42 Å². The quantitative estimate of drug-likeness (QED) is 0.469. The van der Waals surface area contributed by atoms with Crippen LogP contribution >= 0.6 is 11.8 Å². The monoisotopic (exact) mass is 154 g/mol. The third kappa shape index (κ3) is 1.48. The maximum Gasteiger partial charge on any atom is 0.332 e. The number of anilines is 1. The molecule has 0 aliphatic carbocycles. The Balaban J connectivity index is 2.84. The van der Waals surface area contributed by atoms with E-state index in [0.29, 0.717) is 5.69 Å². The van der Waals surface area contributed by atoms with Crippen molar-refractivity contribution in [1.29, 1.82) is 0 Å². The number of amides is 1. The lowest BCUT2D eigenvalue weighted by Gasteiger charge is -2.03. The minimum absolute atomic E-state index is 0.624. The standard InChI is InChI=1S/C7H5ClNO/c8-9(6-10)7-4-2-1-3-5-7/h1-5H. The highest BCUT2D eigenvalue weighted by atomic mass is 35.5. The van der Waals surface area contributed by atoms with Crippen LogP contribution in [-0.2, 0) is 4.79 Å². The van der Waals surface area contributed by atoms with Crippen LogP contribution in [0.15, 0.2) is 30.3 Å². The second-order valence-electron chi connectivity index (χ2n) is 1.71. The molecule has 0 aliphatic rings. The van der Waals surface area contributed by atoms with Gasteiger partial charge in [-0.1, -0.05) is 18.2 Å². The van der Waals surface area contributed by atoms with Crippen molar-refractivity contribution in [3.63, 3.8) is 0 Å². The van der Waals surface area contributed by atoms with E-state index in [2.05, 4.69) is 0 Å². The highest BCUT2D eigenvalue weighted by Gasteiger charge is 1.98. The maximum atomic E-state index is 9.97. The summed E-state index contributed by atoms with van der Waals surface area (Å²) in [5, 5.41) is 0. The molecular formula is C7H5ClNO. The van der Waals surface area contributed by atoms with E-state index in [4.69, 9.17) is 11.8 Å². The largest absolute Gasteiger partial charge is 0.332 e. The topological polar surface area (TPSA) is 20.3 Å². The fraction of sp³-hybridized carbons (Fsp3) is 0. The molecule has 1 rings (SSSR count). The Hall–Kier alpha value is -1.02. The molecule has 2 nitrogen and oxygen atoms in total. The van der Waals surface area contributed by atoms with Crippen molar-refractivity contribution >= 4 is 23.9 Å². The summed E-state index contributed by atoms with van der Waals surface area (Å²) in [6.45, 7) is 0. The van der Waals surface area contributed by atoms with E-state index in [9.17, 15) is 4.79 Å². The first kappa shape index (κ1) is 7.09. The van der Waals surface area contributed by atoms with Gasteiger partial charge in [-0.15, -0.1) is 0 Å². The van der Waals surface area contributed by atoms with E-state index in [1.807, 2.05) is 6.07 Å². The molecule has 0 spiro atoms. The summed E-state index contributed by atoms with van der Waals surface area (Å²) in [4.78, 5) is 9.97. The van der Waals surface area contributed by atoms with Gasteiger partial charge in [0, 0.05) is 11.8 Å². The molecule has 0 saturated heterocycles. The zero-order chi connectivity index (χ0) is 7.40. The third-order valence-electron chi connectivity index (χ3n) is 1.06. The van der Waals surface area contributed by atoms with Crippen LogP contribution in [0.3, 0.4) is 0 Å². The van der Waals surface area contributed by atoms with Crippen LogP contribution in [0.5, 0.6) is 0 Å². The van der Waals surface area contributed by atoms with Gasteiger partial charge in [0.2, 0.25) is 0 Å². The fourth-order valence-electron chi connectivity index (χ4n) is 0.612. The zero-order valence-electron chi connectivity index (χ0n) is 5.12. The molecule has 1 aromatic rings. The molecule has 0 atom stereocenters. The summed E-state index contributed by atoms with van der Waals surface area (Å²) in [5.74, 6) is 0. The number of benzene rings is 1. The molecule has 0 bridgehead atoms. The van der Waals surface area contributed by atoms with E-state index >= 15 is 0 Å². The molecule has 0 saturated carbocycles. The minimum atomic E-state index is 0.624. The fourth-order valence-corrected chi connectivity index (χ4v) is 0.724. The number of nitrogens with zero attached hydrogens (tertiary/aromatic N) is 1. The Labute approximate surface area is 64.1 Å². The van der Waals surface area contributed by atoms with Crippen molar-refractivity contribution in [2.45, 2.75) is 0 Å². The highest BCUT2D eigenvalue weighted by molar-refractivity contribution is 6.33. The first-order valence-corrected chi connectivity index (χ1v) is 3.07. The number of halogens is 1. The van der Waals surface area contributed by atoms with Gasteiger partial charge in [-0.3, -0.25) is 4.79 Å². The molecule has 10 heavy (non-hydrogen) atoms. The zero-order valence-corrected chi connectivity index (χ0v) is 5.88. The molecule has 3 heteroatoms. The maximum absolute atomic E-state index is 9.97. The Morgan fingerprint density at radius 2 is 1.90 bits per heavy atom. The van der Waals surface area contributed by atoms with Crippen LogP contribution in [0.25, 0.3) is 0 Å². The SMILES string of the molecule is O=[C]N(Cl)c1ccccc1. The van der Waals surface area contributed by atoms with Crippen LogP contribution in [0.2, 0.25) is 0 Å². The van der Waals surface area contributed by atoms with Gasteiger partial charge in [-0.2, -0.15) is 0 Å². The van der Waals surface area contributed by atoms with E-state index in [1.165, 1.54) is 6.41 Å². The van der Waals surface area contributed by atoms with E-state index in [1.54, 1.807) is 24.3 Å². The summed E-state index contributed by atoms with van der Waals surface area (Å²) in [6, 6.07) is 8.87. The first-order valence-electron chi connectivity index (χ1n) is 2.73. The lowest BCUT2D eigenvalue weighted by atomic mass is 10.3. The molecule has 51 valence electrons. The Morgan fingerprint density at radius 1 is 1.30 bits per heavy atom. The highest BCUT2D eigenvalue weighted by Crippen LogP contribution is 2.12. The summed E-state index contributed by atoms with van der Waals surface area (Å²) < 4.78 is 0.875. The Morgan fingerprint density at radius 3 is 2.40 bits per heavy atom. The third-order valence-corrected chi connectivity index (χ3v) is 1.33. The van der Waals surface area contributed by atoms with Crippen LogP contribution < -0.4 is 4.42 Å². The molecule has 0 aromatic heterocycles. The molecular weight excluding hydrogens is 150 g/mol. The molecule has 1 amide bonds. The number of hydrogen-bond donors (Lipinski definition) is 0. The number of para-hydroxylation sites is 1. The number of carbonyl (C=O) groups excluding carboxylic acids is 1. The van der Waals surface area contributed by atoms with Crippen LogP contribution in [0.4, 0.5) is 5.69 Å². The van der Waals surface area contributed by atoms with Crippen LogP contribution in [-0.4, -0.2) is 6.41 Å². The van der Waals surface area contributed by atoms with Crippen LogP contribution in [0.1, 0.15) is 0 Å². The lowest BCUT2D eigenvalue weighted by Crippen LogP contribution is -2.04.